The molecular weight excluding hydrogens is 359 g/mol. The lowest BCUT2D eigenvalue weighted by Crippen LogP contribution is -2.37. The summed E-state index contributed by atoms with van der Waals surface area (Å²) in [6.45, 7) is 4.58. The van der Waals surface area contributed by atoms with E-state index in [-0.39, 0.29) is 17.6 Å². The minimum atomic E-state index is -0.212. The Morgan fingerprint density at radius 1 is 1.32 bits per heavy atom. The van der Waals surface area contributed by atoms with Crippen LogP contribution >= 0.6 is 23.1 Å². The van der Waals surface area contributed by atoms with Gasteiger partial charge < -0.3 is 5.32 Å². The number of halogens is 1. The van der Waals surface area contributed by atoms with Gasteiger partial charge >= 0.3 is 0 Å². The number of hydrogen-bond acceptors (Lipinski definition) is 6. The van der Waals surface area contributed by atoms with Crippen molar-refractivity contribution in [1.29, 1.82) is 0 Å². The van der Waals surface area contributed by atoms with Gasteiger partial charge in [0.25, 0.3) is 0 Å². The predicted octanol–water partition coefficient (Wildman–Crippen LogP) is 3.64. The summed E-state index contributed by atoms with van der Waals surface area (Å²) in [5.41, 5.74) is 1.10. The van der Waals surface area contributed by atoms with Crippen LogP contribution < -0.4 is 5.32 Å². The molecule has 1 aromatic heterocycles. The van der Waals surface area contributed by atoms with E-state index in [1.165, 1.54) is 23.5 Å². The highest BCUT2D eigenvalue weighted by atomic mass is 32.2. The first-order chi connectivity index (χ1) is 12.1. The number of carbonyl (C=O) groups excluding carboxylic acids is 1. The molecule has 1 fully saturated rings. The summed E-state index contributed by atoms with van der Waals surface area (Å²) < 4.78 is 13.8. The fourth-order valence-corrected chi connectivity index (χ4v) is 4.50. The van der Waals surface area contributed by atoms with Crippen molar-refractivity contribution in [2.45, 2.75) is 30.6 Å². The summed E-state index contributed by atoms with van der Waals surface area (Å²) in [6.07, 6.45) is 1.64. The summed E-state index contributed by atoms with van der Waals surface area (Å²) in [5.74, 6) is 0.771. The van der Waals surface area contributed by atoms with E-state index < -0.39 is 0 Å². The monoisotopic (exact) mass is 380 g/mol. The van der Waals surface area contributed by atoms with Gasteiger partial charge in [0.15, 0.2) is 4.34 Å². The highest BCUT2D eigenvalue weighted by molar-refractivity contribution is 8.01. The minimum Gasteiger partial charge on any atom is -0.300 e. The molecule has 1 amide bonds. The SMILES string of the molecule is CCSc1nnc(NC(=O)C2CCN(Cc3ccc(F)cc3)CC2)s1. The number of thioether (sulfide) groups is 1. The average Bonchev–Trinajstić information content (AvgIpc) is 3.05. The number of benzene rings is 1. The number of piperidine rings is 1. The second-order valence-electron chi connectivity index (χ2n) is 5.97. The van der Waals surface area contributed by atoms with Gasteiger partial charge in [0.1, 0.15) is 5.82 Å². The number of amides is 1. The van der Waals surface area contributed by atoms with Crippen molar-refractivity contribution in [3.63, 3.8) is 0 Å². The van der Waals surface area contributed by atoms with E-state index in [1.807, 2.05) is 12.1 Å². The highest BCUT2D eigenvalue weighted by Gasteiger charge is 2.25. The molecule has 1 aliphatic rings. The van der Waals surface area contributed by atoms with Crippen LogP contribution in [0.5, 0.6) is 0 Å². The van der Waals surface area contributed by atoms with Crippen LogP contribution in [0.25, 0.3) is 0 Å². The lowest BCUT2D eigenvalue weighted by molar-refractivity contribution is -0.121. The molecule has 3 rings (SSSR count). The normalized spacial score (nSPS) is 16.1. The first-order valence-corrected chi connectivity index (χ1v) is 10.2. The summed E-state index contributed by atoms with van der Waals surface area (Å²) in [7, 11) is 0. The zero-order chi connectivity index (χ0) is 17.6. The molecule has 0 spiro atoms. The number of likely N-dealkylation sites (tertiary alicyclic amines) is 1. The van der Waals surface area contributed by atoms with Crippen molar-refractivity contribution in [2.24, 2.45) is 5.92 Å². The summed E-state index contributed by atoms with van der Waals surface area (Å²) in [6, 6.07) is 6.61. The topological polar surface area (TPSA) is 58.1 Å². The van der Waals surface area contributed by atoms with Crippen LogP contribution in [0.15, 0.2) is 28.6 Å². The molecule has 1 aliphatic heterocycles. The van der Waals surface area contributed by atoms with E-state index >= 15 is 0 Å². The van der Waals surface area contributed by atoms with Crippen molar-refractivity contribution in [3.8, 4) is 0 Å². The van der Waals surface area contributed by atoms with E-state index in [2.05, 4.69) is 27.3 Å². The molecule has 5 nitrogen and oxygen atoms in total. The largest absolute Gasteiger partial charge is 0.300 e. The fraction of sp³-hybridized carbons (Fsp3) is 0.471. The van der Waals surface area contributed by atoms with Gasteiger partial charge in [0, 0.05) is 12.5 Å². The molecule has 0 aliphatic carbocycles. The van der Waals surface area contributed by atoms with Crippen molar-refractivity contribution in [2.75, 3.05) is 24.2 Å². The molecule has 0 bridgehead atoms. The van der Waals surface area contributed by atoms with Gasteiger partial charge in [0.2, 0.25) is 11.0 Å². The molecule has 25 heavy (non-hydrogen) atoms. The van der Waals surface area contributed by atoms with E-state index in [9.17, 15) is 9.18 Å². The predicted molar refractivity (Wildman–Crippen MR) is 99.3 cm³/mol. The third-order valence-electron chi connectivity index (χ3n) is 4.18. The Hall–Kier alpha value is -1.51. The lowest BCUT2D eigenvalue weighted by Gasteiger charge is -2.31. The van der Waals surface area contributed by atoms with E-state index in [4.69, 9.17) is 0 Å². The Morgan fingerprint density at radius 3 is 2.72 bits per heavy atom. The number of hydrogen-bond donors (Lipinski definition) is 1. The van der Waals surface area contributed by atoms with Gasteiger partial charge in [-0.05, 0) is 49.4 Å². The van der Waals surface area contributed by atoms with Crippen LogP contribution in [0.4, 0.5) is 9.52 Å². The number of rotatable bonds is 6. The molecule has 2 heterocycles. The number of anilines is 1. The Balaban J connectivity index is 1.46. The van der Waals surface area contributed by atoms with Crippen LogP contribution in [0, 0.1) is 11.7 Å². The molecule has 0 radical (unpaired) electrons. The summed E-state index contributed by atoms with van der Waals surface area (Å²) >= 11 is 3.05. The van der Waals surface area contributed by atoms with Crippen molar-refractivity contribution in [3.05, 3.63) is 35.6 Å². The van der Waals surface area contributed by atoms with Gasteiger partial charge in [-0.3, -0.25) is 9.69 Å². The second-order valence-corrected chi connectivity index (χ2v) is 8.46. The van der Waals surface area contributed by atoms with Gasteiger partial charge in [0.05, 0.1) is 0 Å². The maximum atomic E-state index is 13.0. The Kier molecular flexibility index (Phi) is 6.39. The summed E-state index contributed by atoms with van der Waals surface area (Å²) in [5, 5.41) is 11.5. The number of nitrogens with one attached hydrogen (secondary N) is 1. The smallest absolute Gasteiger partial charge is 0.229 e. The van der Waals surface area contributed by atoms with Crippen LogP contribution in [-0.4, -0.2) is 39.8 Å². The first kappa shape index (κ1) is 18.3. The van der Waals surface area contributed by atoms with Gasteiger partial charge in [-0.15, -0.1) is 10.2 Å². The van der Waals surface area contributed by atoms with E-state index in [1.54, 1.807) is 11.8 Å². The van der Waals surface area contributed by atoms with Crippen LogP contribution in [-0.2, 0) is 11.3 Å². The van der Waals surface area contributed by atoms with Crippen LogP contribution in [0.3, 0.4) is 0 Å². The molecule has 0 saturated carbocycles. The molecule has 8 heteroatoms. The number of carbonyl (C=O) groups is 1. The summed E-state index contributed by atoms with van der Waals surface area (Å²) in [4.78, 5) is 14.7. The minimum absolute atomic E-state index is 0.00986. The van der Waals surface area contributed by atoms with Crippen LogP contribution in [0.1, 0.15) is 25.3 Å². The Bertz CT molecular complexity index is 699. The first-order valence-electron chi connectivity index (χ1n) is 8.38. The third kappa shape index (κ3) is 5.23. The molecule has 1 aromatic carbocycles. The maximum absolute atomic E-state index is 13.0. The third-order valence-corrected chi connectivity index (χ3v) is 6.04. The molecule has 0 atom stereocenters. The van der Waals surface area contributed by atoms with Crippen molar-refractivity contribution in [1.82, 2.24) is 15.1 Å². The van der Waals surface area contributed by atoms with Gasteiger partial charge in [-0.1, -0.05) is 42.2 Å². The zero-order valence-electron chi connectivity index (χ0n) is 14.1. The van der Waals surface area contributed by atoms with Crippen LogP contribution in [0.2, 0.25) is 0 Å². The Morgan fingerprint density at radius 2 is 2.04 bits per heavy atom. The highest BCUT2D eigenvalue weighted by Crippen LogP contribution is 2.26. The second kappa shape index (κ2) is 8.73. The van der Waals surface area contributed by atoms with Gasteiger partial charge in [-0.25, -0.2) is 4.39 Å². The van der Waals surface area contributed by atoms with Crippen molar-refractivity contribution >= 4 is 34.1 Å². The number of aromatic nitrogens is 2. The molecular formula is C17H21FN4OS2. The fourth-order valence-electron chi connectivity index (χ4n) is 2.85. The standard InChI is InChI=1S/C17H21FN4OS2/c1-2-24-17-21-20-16(25-17)19-15(23)13-7-9-22(10-8-13)11-12-3-5-14(18)6-4-12/h3-6,13H,2,7-11H2,1H3,(H,19,20,23). The van der Waals surface area contributed by atoms with E-state index in [0.29, 0.717) is 5.13 Å². The zero-order valence-corrected chi connectivity index (χ0v) is 15.7. The lowest BCUT2D eigenvalue weighted by atomic mass is 9.95. The average molecular weight is 381 g/mol. The van der Waals surface area contributed by atoms with Gasteiger partial charge in [-0.2, -0.15) is 0 Å². The maximum Gasteiger partial charge on any atom is 0.229 e. The molecule has 1 N–H and O–H groups in total. The van der Waals surface area contributed by atoms with Crippen molar-refractivity contribution < 1.29 is 9.18 Å². The molecule has 1 saturated heterocycles. The molecule has 134 valence electrons. The molecule has 2 aromatic rings. The Labute approximate surface area is 155 Å². The molecule has 0 unspecified atom stereocenters. The quantitative estimate of drug-likeness (QED) is 0.612. The number of nitrogens with zero attached hydrogens (tertiary/aromatic N) is 3. The van der Waals surface area contributed by atoms with E-state index in [0.717, 1.165) is 48.1 Å².